The molecule has 0 amide bonds. The highest BCUT2D eigenvalue weighted by Gasteiger charge is 2.14. The first-order valence-corrected chi connectivity index (χ1v) is 10.2. The number of hydrogen-bond acceptors (Lipinski definition) is 6. The number of alkyl halides is 1. The van der Waals surface area contributed by atoms with E-state index in [0.717, 1.165) is 37.2 Å². The average Bonchev–Trinajstić information content (AvgIpc) is 2.77. The Hall–Kier alpha value is -2.22. The van der Waals surface area contributed by atoms with Crippen molar-refractivity contribution in [2.75, 3.05) is 26.9 Å². The molecule has 0 saturated carbocycles. The van der Waals surface area contributed by atoms with Gasteiger partial charge in [0.05, 0.1) is 31.5 Å². The summed E-state index contributed by atoms with van der Waals surface area (Å²) in [5.41, 5.74) is 1.21. The van der Waals surface area contributed by atoms with Gasteiger partial charge in [-0.15, -0.1) is 11.6 Å². The molecule has 0 spiro atoms. The first kappa shape index (κ1) is 21.5. The third-order valence-electron chi connectivity index (χ3n) is 4.50. The number of pyridine rings is 1. The van der Waals surface area contributed by atoms with E-state index < -0.39 is 0 Å². The third kappa shape index (κ3) is 6.39. The second kappa shape index (κ2) is 11.1. The van der Waals surface area contributed by atoms with Crippen molar-refractivity contribution in [1.29, 1.82) is 0 Å². The fourth-order valence-electron chi connectivity index (χ4n) is 2.91. The number of nitrogens with zero attached hydrogens (tertiary/aromatic N) is 1. The van der Waals surface area contributed by atoms with Gasteiger partial charge in [0.15, 0.2) is 12.0 Å². The fraction of sp³-hybridized carbons (Fsp3) is 0.476. The molecule has 1 aromatic heterocycles. The van der Waals surface area contributed by atoms with E-state index in [0.29, 0.717) is 18.9 Å². The van der Waals surface area contributed by atoms with Gasteiger partial charge in [0.2, 0.25) is 5.43 Å². The highest BCUT2D eigenvalue weighted by molar-refractivity contribution is 6.16. The Bertz CT molecular complexity index is 817. The summed E-state index contributed by atoms with van der Waals surface area (Å²) < 4.78 is 23.5. The van der Waals surface area contributed by atoms with E-state index >= 15 is 0 Å². The number of halogens is 1. The molecule has 8 heteroatoms. The van der Waals surface area contributed by atoms with E-state index in [-0.39, 0.29) is 30.0 Å². The second-order valence-electron chi connectivity index (χ2n) is 6.59. The number of hydrogen-bond donors (Lipinski definition) is 0. The monoisotopic (exact) mass is 423 g/mol. The van der Waals surface area contributed by atoms with Crippen molar-refractivity contribution in [2.24, 2.45) is 0 Å². The van der Waals surface area contributed by atoms with E-state index in [1.807, 2.05) is 24.3 Å². The molecule has 2 heterocycles. The lowest BCUT2D eigenvalue weighted by molar-refractivity contribution is -0.169. The van der Waals surface area contributed by atoms with Gasteiger partial charge >= 0.3 is 0 Å². The van der Waals surface area contributed by atoms with Crippen molar-refractivity contribution in [3.63, 3.8) is 0 Å². The van der Waals surface area contributed by atoms with E-state index in [1.165, 1.54) is 17.0 Å². The van der Waals surface area contributed by atoms with Crippen LogP contribution in [0, 0.1) is 0 Å². The zero-order valence-corrected chi connectivity index (χ0v) is 17.2. The quantitative estimate of drug-likeness (QED) is 0.432. The lowest BCUT2D eigenvalue weighted by Gasteiger charge is -2.23. The maximum atomic E-state index is 12.3. The van der Waals surface area contributed by atoms with Crippen LogP contribution in [0.2, 0.25) is 0 Å². The molecule has 1 unspecified atom stereocenters. The highest BCUT2D eigenvalue weighted by atomic mass is 35.5. The van der Waals surface area contributed by atoms with E-state index in [4.69, 9.17) is 35.4 Å². The molecule has 29 heavy (non-hydrogen) atoms. The molecular formula is C21H26ClNO6. The molecule has 1 aliphatic rings. The molecule has 7 nitrogen and oxygen atoms in total. The van der Waals surface area contributed by atoms with Crippen molar-refractivity contribution in [2.45, 2.75) is 38.0 Å². The zero-order chi connectivity index (χ0) is 20.5. The summed E-state index contributed by atoms with van der Waals surface area (Å²) in [6.45, 7) is 1.66. The number of aromatic nitrogens is 1. The van der Waals surface area contributed by atoms with E-state index in [9.17, 15) is 4.79 Å². The Morgan fingerprint density at radius 1 is 1.21 bits per heavy atom. The standard InChI is InChI=1S/C21H26ClNO6/c1-25-18-7-5-16(6-8-18)15-28-20-14-23(17(13-22)12-19(20)24)29-11-10-27-21-4-2-3-9-26-21/h5-8,12,14,21H,2-4,9-11,13,15H2,1H3. The number of benzene rings is 1. The van der Waals surface area contributed by atoms with Crippen molar-refractivity contribution in [3.8, 4) is 11.5 Å². The van der Waals surface area contributed by atoms with Gasteiger partial charge in [-0.2, -0.15) is 4.73 Å². The predicted molar refractivity (Wildman–Crippen MR) is 109 cm³/mol. The van der Waals surface area contributed by atoms with Gasteiger partial charge in [0, 0.05) is 12.7 Å². The Morgan fingerprint density at radius 2 is 2.03 bits per heavy atom. The van der Waals surface area contributed by atoms with Gasteiger partial charge in [-0.1, -0.05) is 12.1 Å². The molecule has 1 saturated heterocycles. The summed E-state index contributed by atoms with van der Waals surface area (Å²) >= 11 is 5.95. The number of methoxy groups -OCH3 is 1. The Kier molecular flexibility index (Phi) is 8.22. The van der Waals surface area contributed by atoms with Crippen LogP contribution in [0.5, 0.6) is 11.5 Å². The van der Waals surface area contributed by atoms with Crippen molar-refractivity contribution in [1.82, 2.24) is 4.73 Å². The van der Waals surface area contributed by atoms with Crippen LogP contribution in [-0.2, 0) is 22.0 Å². The van der Waals surface area contributed by atoms with Crippen molar-refractivity contribution >= 4 is 11.6 Å². The van der Waals surface area contributed by atoms with Gasteiger partial charge in [-0.3, -0.25) is 4.79 Å². The predicted octanol–water partition coefficient (Wildman–Crippen LogP) is 3.15. The lowest BCUT2D eigenvalue weighted by atomic mass is 10.2. The van der Waals surface area contributed by atoms with Crippen LogP contribution in [-0.4, -0.2) is 38.0 Å². The van der Waals surface area contributed by atoms with Gasteiger partial charge in [0.25, 0.3) is 0 Å². The van der Waals surface area contributed by atoms with Crippen LogP contribution in [0.1, 0.15) is 30.5 Å². The third-order valence-corrected chi connectivity index (χ3v) is 4.78. The minimum atomic E-state index is -0.249. The molecule has 158 valence electrons. The zero-order valence-electron chi connectivity index (χ0n) is 16.5. The summed E-state index contributed by atoms with van der Waals surface area (Å²) in [6.07, 6.45) is 4.43. The van der Waals surface area contributed by atoms with Gasteiger partial charge in [-0.05, 0) is 37.0 Å². The summed E-state index contributed by atoms with van der Waals surface area (Å²) in [5, 5.41) is 0. The molecular weight excluding hydrogens is 398 g/mol. The van der Waals surface area contributed by atoms with Gasteiger partial charge < -0.3 is 23.8 Å². The van der Waals surface area contributed by atoms with E-state index in [2.05, 4.69) is 0 Å². The fourth-order valence-corrected chi connectivity index (χ4v) is 3.10. The number of rotatable bonds is 10. The molecule has 3 rings (SSSR count). The van der Waals surface area contributed by atoms with E-state index in [1.54, 1.807) is 7.11 Å². The van der Waals surface area contributed by atoms with Crippen molar-refractivity contribution in [3.05, 3.63) is 58.0 Å². The van der Waals surface area contributed by atoms with Gasteiger partial charge in [0.1, 0.15) is 19.0 Å². The molecule has 1 aliphatic heterocycles. The molecule has 0 bridgehead atoms. The lowest BCUT2D eigenvalue weighted by Crippen LogP contribution is -2.27. The molecule has 0 N–H and O–H groups in total. The summed E-state index contributed by atoms with van der Waals surface area (Å²) in [4.78, 5) is 18.0. The Balaban J connectivity index is 1.57. The SMILES string of the molecule is COc1ccc(COc2cn(OCCOC3CCCCO3)c(CCl)cc2=O)cc1. The molecule has 0 aliphatic carbocycles. The highest BCUT2D eigenvalue weighted by Crippen LogP contribution is 2.15. The summed E-state index contributed by atoms with van der Waals surface area (Å²) in [5.74, 6) is 1.09. The molecule has 0 radical (unpaired) electrons. The molecule has 1 atom stereocenters. The van der Waals surface area contributed by atoms with Crippen LogP contribution in [0.3, 0.4) is 0 Å². The van der Waals surface area contributed by atoms with Gasteiger partial charge in [-0.25, -0.2) is 0 Å². The molecule has 2 aromatic rings. The minimum Gasteiger partial charge on any atom is -0.497 e. The normalized spacial score (nSPS) is 16.4. The number of ether oxygens (including phenoxy) is 4. The first-order chi connectivity index (χ1) is 14.2. The Morgan fingerprint density at radius 3 is 2.72 bits per heavy atom. The maximum Gasteiger partial charge on any atom is 0.223 e. The van der Waals surface area contributed by atoms with Crippen LogP contribution in [0.15, 0.2) is 41.3 Å². The van der Waals surface area contributed by atoms with Crippen LogP contribution in [0.25, 0.3) is 0 Å². The molecule has 1 aromatic carbocycles. The molecule has 1 fully saturated rings. The van der Waals surface area contributed by atoms with Crippen LogP contribution < -0.4 is 19.7 Å². The van der Waals surface area contributed by atoms with Crippen LogP contribution in [0.4, 0.5) is 0 Å². The Labute approximate surface area is 175 Å². The maximum absolute atomic E-state index is 12.3. The minimum absolute atomic E-state index is 0.139. The largest absolute Gasteiger partial charge is 0.497 e. The second-order valence-corrected chi connectivity index (χ2v) is 6.86. The van der Waals surface area contributed by atoms with Crippen LogP contribution >= 0.6 is 11.6 Å². The summed E-state index contributed by atoms with van der Waals surface area (Å²) in [7, 11) is 1.61. The summed E-state index contributed by atoms with van der Waals surface area (Å²) in [6, 6.07) is 8.86. The smallest absolute Gasteiger partial charge is 0.223 e. The van der Waals surface area contributed by atoms with Crippen molar-refractivity contribution < 1.29 is 23.8 Å². The first-order valence-electron chi connectivity index (χ1n) is 9.63. The average molecular weight is 424 g/mol. The topological polar surface area (TPSA) is 68.2 Å².